The van der Waals surface area contributed by atoms with Gasteiger partial charge in [0.1, 0.15) is 0 Å². The number of hydrogen-bond acceptors (Lipinski definition) is 2. The summed E-state index contributed by atoms with van der Waals surface area (Å²) in [5, 5.41) is 3.28. The molecule has 2 heteroatoms. The van der Waals surface area contributed by atoms with E-state index >= 15 is 0 Å². The molecule has 0 aliphatic heterocycles. The molecule has 2 nitrogen and oxygen atoms in total. The SMILES string of the molecule is CNC(C)(C)c1ccc(C)nc1C. The van der Waals surface area contributed by atoms with Crippen LogP contribution < -0.4 is 5.32 Å². The van der Waals surface area contributed by atoms with Crippen LogP contribution in [0.2, 0.25) is 0 Å². The molecule has 0 aromatic carbocycles. The molecule has 13 heavy (non-hydrogen) atoms. The predicted octanol–water partition coefficient (Wildman–Crippen LogP) is 2.15. The van der Waals surface area contributed by atoms with E-state index in [9.17, 15) is 0 Å². The molecule has 0 spiro atoms. The Hall–Kier alpha value is -0.890. The lowest BCUT2D eigenvalue weighted by Crippen LogP contribution is -2.34. The standard InChI is InChI=1S/C11H18N2/c1-8-6-7-10(9(2)13-8)11(3,4)12-5/h6-7,12H,1-5H3. The maximum Gasteiger partial charge on any atom is 0.0426 e. The van der Waals surface area contributed by atoms with Crippen molar-refractivity contribution in [3.8, 4) is 0 Å². The first kappa shape index (κ1) is 10.2. The van der Waals surface area contributed by atoms with Gasteiger partial charge in [0.05, 0.1) is 0 Å². The van der Waals surface area contributed by atoms with Gasteiger partial charge in [-0.15, -0.1) is 0 Å². The van der Waals surface area contributed by atoms with Crippen molar-refractivity contribution < 1.29 is 0 Å². The molecule has 1 heterocycles. The zero-order valence-electron chi connectivity index (χ0n) is 9.10. The summed E-state index contributed by atoms with van der Waals surface area (Å²) >= 11 is 0. The first-order valence-electron chi connectivity index (χ1n) is 4.61. The van der Waals surface area contributed by atoms with Crippen molar-refractivity contribution in [1.29, 1.82) is 0 Å². The van der Waals surface area contributed by atoms with E-state index in [0.29, 0.717) is 0 Å². The summed E-state index contributed by atoms with van der Waals surface area (Å²) in [7, 11) is 1.97. The lowest BCUT2D eigenvalue weighted by Gasteiger charge is -2.26. The molecule has 0 saturated heterocycles. The Morgan fingerprint density at radius 1 is 1.23 bits per heavy atom. The third-order valence-corrected chi connectivity index (χ3v) is 2.52. The summed E-state index contributed by atoms with van der Waals surface area (Å²) in [6.45, 7) is 8.39. The van der Waals surface area contributed by atoms with Gasteiger partial charge in [0.15, 0.2) is 0 Å². The fourth-order valence-corrected chi connectivity index (χ4v) is 1.48. The van der Waals surface area contributed by atoms with Crippen LogP contribution in [0.15, 0.2) is 12.1 Å². The lowest BCUT2D eigenvalue weighted by molar-refractivity contribution is 0.440. The highest BCUT2D eigenvalue weighted by Crippen LogP contribution is 2.21. The van der Waals surface area contributed by atoms with Crippen molar-refractivity contribution in [2.45, 2.75) is 33.2 Å². The Balaban J connectivity index is 3.16. The molecule has 0 aliphatic carbocycles. The van der Waals surface area contributed by atoms with E-state index in [2.05, 4.69) is 43.2 Å². The van der Waals surface area contributed by atoms with Crippen molar-refractivity contribution in [2.24, 2.45) is 0 Å². The van der Waals surface area contributed by atoms with Crippen LogP contribution >= 0.6 is 0 Å². The normalized spacial score (nSPS) is 11.8. The third kappa shape index (κ3) is 2.07. The first-order valence-corrected chi connectivity index (χ1v) is 4.61. The van der Waals surface area contributed by atoms with Crippen molar-refractivity contribution in [3.63, 3.8) is 0 Å². The highest BCUT2D eigenvalue weighted by atomic mass is 14.9. The van der Waals surface area contributed by atoms with E-state index in [0.717, 1.165) is 11.4 Å². The van der Waals surface area contributed by atoms with Crippen molar-refractivity contribution in [1.82, 2.24) is 10.3 Å². The van der Waals surface area contributed by atoms with Crippen LogP contribution in [0.5, 0.6) is 0 Å². The van der Waals surface area contributed by atoms with E-state index in [1.54, 1.807) is 0 Å². The van der Waals surface area contributed by atoms with E-state index in [1.165, 1.54) is 5.56 Å². The summed E-state index contributed by atoms with van der Waals surface area (Å²) in [6, 6.07) is 4.20. The Morgan fingerprint density at radius 3 is 2.31 bits per heavy atom. The zero-order valence-corrected chi connectivity index (χ0v) is 9.10. The average molecular weight is 178 g/mol. The minimum atomic E-state index is 0.00475. The molecule has 1 N–H and O–H groups in total. The molecule has 1 aromatic rings. The minimum absolute atomic E-state index is 0.00475. The van der Waals surface area contributed by atoms with Crippen molar-refractivity contribution in [2.75, 3.05) is 7.05 Å². The topological polar surface area (TPSA) is 24.9 Å². The molecule has 0 fully saturated rings. The molecule has 0 atom stereocenters. The predicted molar refractivity (Wildman–Crippen MR) is 55.8 cm³/mol. The maximum atomic E-state index is 4.45. The zero-order chi connectivity index (χ0) is 10.1. The third-order valence-electron chi connectivity index (χ3n) is 2.52. The second-order valence-electron chi connectivity index (χ2n) is 3.96. The number of pyridine rings is 1. The maximum absolute atomic E-state index is 4.45. The molecule has 72 valence electrons. The van der Waals surface area contributed by atoms with E-state index in [4.69, 9.17) is 0 Å². The van der Waals surface area contributed by atoms with Gasteiger partial charge in [0, 0.05) is 16.9 Å². The molecule has 0 amide bonds. The number of aromatic nitrogens is 1. The molecule has 1 aromatic heterocycles. The van der Waals surface area contributed by atoms with Crippen LogP contribution in [0.1, 0.15) is 30.8 Å². The fourth-order valence-electron chi connectivity index (χ4n) is 1.48. The van der Waals surface area contributed by atoms with E-state index in [1.807, 2.05) is 14.0 Å². The highest BCUT2D eigenvalue weighted by Gasteiger charge is 2.20. The van der Waals surface area contributed by atoms with Crippen molar-refractivity contribution >= 4 is 0 Å². The van der Waals surface area contributed by atoms with E-state index in [-0.39, 0.29) is 5.54 Å². The van der Waals surface area contributed by atoms with Gasteiger partial charge in [0.2, 0.25) is 0 Å². The van der Waals surface area contributed by atoms with Crippen LogP contribution in [0.4, 0.5) is 0 Å². The largest absolute Gasteiger partial charge is 0.311 e. The number of hydrogen-bond donors (Lipinski definition) is 1. The number of nitrogens with one attached hydrogen (secondary N) is 1. The van der Waals surface area contributed by atoms with Gasteiger partial charge in [-0.2, -0.15) is 0 Å². The van der Waals surface area contributed by atoms with Crippen LogP contribution in [-0.2, 0) is 5.54 Å². The fraction of sp³-hybridized carbons (Fsp3) is 0.545. The van der Waals surface area contributed by atoms with Gasteiger partial charge in [-0.25, -0.2) is 0 Å². The summed E-state index contributed by atoms with van der Waals surface area (Å²) in [4.78, 5) is 4.45. The summed E-state index contributed by atoms with van der Waals surface area (Å²) in [5.41, 5.74) is 3.46. The highest BCUT2D eigenvalue weighted by molar-refractivity contribution is 5.28. The molecule has 0 aliphatic rings. The molecule has 0 radical (unpaired) electrons. The first-order chi connectivity index (χ1) is 5.97. The number of aryl methyl sites for hydroxylation is 2. The van der Waals surface area contributed by atoms with Gasteiger partial charge in [-0.1, -0.05) is 6.07 Å². The summed E-state index contributed by atoms with van der Waals surface area (Å²) in [5.74, 6) is 0. The Bertz CT molecular complexity index is 303. The molecule has 0 unspecified atom stereocenters. The molecule has 1 rings (SSSR count). The monoisotopic (exact) mass is 178 g/mol. The van der Waals surface area contributed by atoms with Crippen LogP contribution in [0.3, 0.4) is 0 Å². The molecular formula is C11H18N2. The summed E-state index contributed by atoms with van der Waals surface area (Å²) < 4.78 is 0. The van der Waals surface area contributed by atoms with Crippen LogP contribution in [0.25, 0.3) is 0 Å². The Labute approximate surface area is 80.4 Å². The smallest absolute Gasteiger partial charge is 0.0426 e. The van der Waals surface area contributed by atoms with Gasteiger partial charge in [-0.3, -0.25) is 4.98 Å². The van der Waals surface area contributed by atoms with Gasteiger partial charge in [0.25, 0.3) is 0 Å². The average Bonchev–Trinajstić information content (AvgIpc) is 2.03. The molecule has 0 saturated carbocycles. The van der Waals surface area contributed by atoms with Crippen molar-refractivity contribution in [3.05, 3.63) is 29.1 Å². The lowest BCUT2D eigenvalue weighted by atomic mass is 9.93. The van der Waals surface area contributed by atoms with Gasteiger partial charge >= 0.3 is 0 Å². The van der Waals surface area contributed by atoms with Crippen LogP contribution in [0, 0.1) is 13.8 Å². The van der Waals surface area contributed by atoms with Gasteiger partial charge in [-0.05, 0) is 46.4 Å². The molecule has 0 bridgehead atoms. The second kappa shape index (κ2) is 3.46. The second-order valence-corrected chi connectivity index (χ2v) is 3.96. The molecular weight excluding hydrogens is 160 g/mol. The van der Waals surface area contributed by atoms with E-state index < -0.39 is 0 Å². The van der Waals surface area contributed by atoms with Crippen LogP contribution in [-0.4, -0.2) is 12.0 Å². The quantitative estimate of drug-likeness (QED) is 0.750. The minimum Gasteiger partial charge on any atom is -0.311 e. The Kier molecular flexibility index (Phi) is 2.71. The number of rotatable bonds is 2. The Morgan fingerprint density at radius 2 is 1.85 bits per heavy atom. The number of nitrogens with zero attached hydrogens (tertiary/aromatic N) is 1. The summed E-state index contributed by atoms with van der Waals surface area (Å²) in [6.07, 6.45) is 0. The van der Waals surface area contributed by atoms with Gasteiger partial charge < -0.3 is 5.32 Å².